The van der Waals surface area contributed by atoms with Crippen LogP contribution in [0.15, 0.2) is 64.4 Å². The second-order valence-electron chi connectivity index (χ2n) is 8.08. The second kappa shape index (κ2) is 10.6. The summed E-state index contributed by atoms with van der Waals surface area (Å²) in [5.74, 6) is -0.436. The van der Waals surface area contributed by atoms with Crippen LogP contribution >= 0.6 is 0 Å². The summed E-state index contributed by atoms with van der Waals surface area (Å²) in [7, 11) is -5.37. The van der Waals surface area contributed by atoms with Crippen LogP contribution in [-0.4, -0.2) is 52.4 Å². The first-order valence-electron chi connectivity index (χ1n) is 10.9. The lowest BCUT2D eigenvalue weighted by atomic mass is 9.96. The van der Waals surface area contributed by atoms with Crippen molar-refractivity contribution >= 4 is 25.8 Å². The second-order valence-corrected chi connectivity index (χ2v) is 12.2. The third kappa shape index (κ3) is 5.96. The molecule has 0 atom stereocenters. The van der Waals surface area contributed by atoms with Crippen LogP contribution in [0.4, 0.5) is 0 Å². The number of sulfonamides is 1. The van der Waals surface area contributed by atoms with Gasteiger partial charge >= 0.3 is 0 Å². The van der Waals surface area contributed by atoms with E-state index < -0.39 is 19.9 Å². The van der Waals surface area contributed by atoms with Crippen LogP contribution in [-0.2, 0) is 19.9 Å². The fourth-order valence-corrected chi connectivity index (χ4v) is 6.65. The molecule has 1 N–H and O–H groups in total. The van der Waals surface area contributed by atoms with Gasteiger partial charge in [0.05, 0.1) is 15.5 Å². The van der Waals surface area contributed by atoms with Crippen molar-refractivity contribution in [1.29, 1.82) is 0 Å². The van der Waals surface area contributed by atoms with Gasteiger partial charge in [0.1, 0.15) is 0 Å². The molecule has 1 aliphatic carbocycles. The summed E-state index contributed by atoms with van der Waals surface area (Å²) in [5, 5.41) is 2.69. The number of rotatable bonds is 9. The molecule has 9 heteroatoms. The number of hydrogen-bond acceptors (Lipinski definition) is 5. The quantitative estimate of drug-likeness (QED) is 0.558. The van der Waals surface area contributed by atoms with Crippen LogP contribution < -0.4 is 5.32 Å². The van der Waals surface area contributed by atoms with E-state index >= 15 is 0 Å². The molecule has 3 rings (SSSR count). The SMILES string of the molecule is CN(C1CCCCC1)S(=O)(=O)c1ccc(C(=O)NCCCS(=O)(=O)c2ccccc2)cc1. The third-order valence-corrected chi connectivity index (χ3v) is 9.60. The first kappa shape index (κ1) is 24.4. The Kier molecular flexibility index (Phi) is 8.08. The highest BCUT2D eigenvalue weighted by Gasteiger charge is 2.29. The molecular weight excluding hydrogens is 448 g/mol. The largest absolute Gasteiger partial charge is 0.352 e. The average molecular weight is 479 g/mol. The van der Waals surface area contributed by atoms with E-state index in [1.165, 1.54) is 28.6 Å². The van der Waals surface area contributed by atoms with E-state index in [1.807, 2.05) is 0 Å². The van der Waals surface area contributed by atoms with Crippen molar-refractivity contribution in [2.45, 2.75) is 54.4 Å². The Bertz CT molecular complexity index is 1110. The first-order valence-corrected chi connectivity index (χ1v) is 14.0. The van der Waals surface area contributed by atoms with Gasteiger partial charge in [-0.25, -0.2) is 16.8 Å². The van der Waals surface area contributed by atoms with Crippen molar-refractivity contribution in [3.63, 3.8) is 0 Å². The Hall–Kier alpha value is -2.23. The number of hydrogen-bond donors (Lipinski definition) is 1. The van der Waals surface area contributed by atoms with Crippen LogP contribution in [0.5, 0.6) is 0 Å². The molecule has 0 bridgehead atoms. The van der Waals surface area contributed by atoms with E-state index in [4.69, 9.17) is 0 Å². The lowest BCUT2D eigenvalue weighted by Crippen LogP contribution is -2.38. The van der Waals surface area contributed by atoms with Crippen LogP contribution in [0, 0.1) is 0 Å². The highest BCUT2D eigenvalue weighted by Crippen LogP contribution is 2.26. The third-order valence-electron chi connectivity index (χ3n) is 5.86. The summed E-state index contributed by atoms with van der Waals surface area (Å²) < 4.78 is 51.8. The predicted molar refractivity (Wildman–Crippen MR) is 124 cm³/mol. The average Bonchev–Trinajstić information content (AvgIpc) is 2.82. The normalized spacial score (nSPS) is 15.6. The summed E-state index contributed by atoms with van der Waals surface area (Å²) in [5.41, 5.74) is 0.329. The van der Waals surface area contributed by atoms with Gasteiger partial charge in [0.15, 0.2) is 9.84 Å². The fourth-order valence-electron chi connectivity index (χ4n) is 3.90. The number of carbonyl (C=O) groups is 1. The minimum atomic E-state index is -3.61. The number of amides is 1. The number of nitrogens with zero attached hydrogens (tertiary/aromatic N) is 1. The van der Waals surface area contributed by atoms with E-state index in [0.717, 1.165) is 32.1 Å². The number of sulfone groups is 1. The summed E-state index contributed by atoms with van der Waals surface area (Å²) in [4.78, 5) is 12.8. The molecule has 1 amide bonds. The van der Waals surface area contributed by atoms with Gasteiger partial charge < -0.3 is 5.32 Å². The molecule has 2 aromatic rings. The van der Waals surface area contributed by atoms with Gasteiger partial charge in [-0.05, 0) is 55.7 Å². The van der Waals surface area contributed by atoms with Crippen molar-refractivity contribution < 1.29 is 21.6 Å². The monoisotopic (exact) mass is 478 g/mol. The maximum Gasteiger partial charge on any atom is 0.251 e. The molecule has 1 fully saturated rings. The van der Waals surface area contributed by atoms with E-state index in [-0.39, 0.29) is 40.5 Å². The highest BCUT2D eigenvalue weighted by atomic mass is 32.2. The molecule has 0 spiro atoms. The molecule has 0 aliphatic heterocycles. The lowest BCUT2D eigenvalue weighted by Gasteiger charge is -2.30. The first-order chi connectivity index (χ1) is 15.2. The minimum Gasteiger partial charge on any atom is -0.352 e. The van der Waals surface area contributed by atoms with Crippen molar-refractivity contribution in [2.75, 3.05) is 19.3 Å². The van der Waals surface area contributed by atoms with Crippen LogP contribution in [0.3, 0.4) is 0 Å². The zero-order chi connectivity index (χ0) is 23.2. The molecule has 7 nitrogen and oxygen atoms in total. The van der Waals surface area contributed by atoms with E-state index in [2.05, 4.69) is 5.32 Å². The Morgan fingerprint density at radius 1 is 0.906 bits per heavy atom. The Morgan fingerprint density at radius 3 is 2.16 bits per heavy atom. The molecule has 174 valence electrons. The van der Waals surface area contributed by atoms with Crippen molar-refractivity contribution in [3.05, 3.63) is 60.2 Å². The van der Waals surface area contributed by atoms with E-state index in [0.29, 0.717) is 5.56 Å². The number of carbonyl (C=O) groups excluding carboxylic acids is 1. The van der Waals surface area contributed by atoms with E-state index in [9.17, 15) is 21.6 Å². The number of benzene rings is 2. The number of nitrogens with one attached hydrogen (secondary N) is 1. The zero-order valence-electron chi connectivity index (χ0n) is 18.2. The van der Waals surface area contributed by atoms with Crippen molar-refractivity contribution in [1.82, 2.24) is 9.62 Å². The topological polar surface area (TPSA) is 101 Å². The lowest BCUT2D eigenvalue weighted by molar-refractivity contribution is 0.0953. The van der Waals surface area contributed by atoms with Crippen molar-refractivity contribution in [3.8, 4) is 0 Å². The molecule has 0 saturated heterocycles. The minimum absolute atomic E-state index is 0.0175. The summed E-state index contributed by atoms with van der Waals surface area (Å²) >= 11 is 0. The van der Waals surface area contributed by atoms with Gasteiger partial charge in [-0.15, -0.1) is 0 Å². The van der Waals surface area contributed by atoms with E-state index in [1.54, 1.807) is 37.4 Å². The molecule has 32 heavy (non-hydrogen) atoms. The Balaban J connectivity index is 1.53. The molecule has 0 heterocycles. The van der Waals surface area contributed by atoms with Crippen LogP contribution in [0.25, 0.3) is 0 Å². The molecule has 0 aromatic heterocycles. The molecule has 0 radical (unpaired) electrons. The maximum atomic E-state index is 12.9. The van der Waals surface area contributed by atoms with Crippen molar-refractivity contribution in [2.24, 2.45) is 0 Å². The van der Waals surface area contributed by atoms with Gasteiger partial charge in [0, 0.05) is 25.2 Å². The smallest absolute Gasteiger partial charge is 0.251 e. The van der Waals surface area contributed by atoms with Gasteiger partial charge in [0.2, 0.25) is 10.0 Å². The zero-order valence-corrected chi connectivity index (χ0v) is 19.9. The predicted octanol–water partition coefficient (Wildman–Crippen LogP) is 3.23. The summed E-state index contributed by atoms with van der Waals surface area (Å²) in [6.07, 6.45) is 5.24. The standard InChI is InChI=1S/C23H30N2O5S2/c1-25(20-9-4-2-5-10-20)32(29,30)22-15-13-19(14-16-22)23(26)24-17-8-18-31(27,28)21-11-6-3-7-12-21/h3,6-7,11-16,20H,2,4-5,8-10,17-18H2,1H3,(H,24,26). The van der Waals surface area contributed by atoms with Crippen LogP contribution in [0.2, 0.25) is 0 Å². The van der Waals surface area contributed by atoms with Crippen LogP contribution in [0.1, 0.15) is 48.9 Å². The molecule has 1 saturated carbocycles. The molecular formula is C23H30N2O5S2. The Morgan fingerprint density at radius 2 is 1.53 bits per heavy atom. The summed E-state index contributed by atoms with van der Waals surface area (Å²) in [6.45, 7) is 0.204. The Labute approximate surface area is 190 Å². The molecule has 2 aromatic carbocycles. The van der Waals surface area contributed by atoms with Gasteiger partial charge in [0.25, 0.3) is 5.91 Å². The summed E-state index contributed by atoms with van der Waals surface area (Å²) in [6, 6.07) is 14.1. The van der Waals surface area contributed by atoms with Gasteiger partial charge in [-0.1, -0.05) is 37.5 Å². The fraction of sp³-hybridized carbons (Fsp3) is 0.435. The molecule has 1 aliphatic rings. The van der Waals surface area contributed by atoms with Gasteiger partial charge in [-0.3, -0.25) is 4.79 Å². The maximum absolute atomic E-state index is 12.9. The molecule has 0 unspecified atom stereocenters. The van der Waals surface area contributed by atoms with Gasteiger partial charge in [-0.2, -0.15) is 4.31 Å². The highest BCUT2D eigenvalue weighted by molar-refractivity contribution is 7.91.